The van der Waals surface area contributed by atoms with Gasteiger partial charge in [0.2, 0.25) is 0 Å². The average molecular weight is 461 g/mol. The average Bonchev–Trinajstić information content (AvgIpc) is 3.58. The highest BCUT2D eigenvalue weighted by Gasteiger charge is 2.52. The summed E-state index contributed by atoms with van der Waals surface area (Å²) in [5, 5.41) is 0. The molecule has 4 bridgehead atoms. The van der Waals surface area contributed by atoms with Crippen molar-refractivity contribution in [1.29, 1.82) is 0 Å². The molecule has 170 valence electrons. The van der Waals surface area contributed by atoms with Crippen LogP contribution in [0.25, 0.3) is 0 Å². The van der Waals surface area contributed by atoms with Gasteiger partial charge in [-0.2, -0.15) is 8.42 Å². The van der Waals surface area contributed by atoms with Crippen molar-refractivity contribution in [3.63, 3.8) is 0 Å². The van der Waals surface area contributed by atoms with Gasteiger partial charge in [-0.05, 0) is 117 Å². The van der Waals surface area contributed by atoms with Gasteiger partial charge in [0.05, 0.1) is 11.0 Å². The molecule has 0 amide bonds. The fourth-order valence-corrected chi connectivity index (χ4v) is 14.4. The van der Waals surface area contributed by atoms with Crippen LogP contribution in [0.3, 0.4) is 0 Å². The number of hydrogen-bond acceptors (Lipinski definition) is 3. The number of rotatable bonds is 6. The third kappa shape index (κ3) is 4.04. The van der Waals surface area contributed by atoms with Crippen LogP contribution in [0, 0.1) is 23.7 Å². The first-order valence-corrected chi connectivity index (χ1v) is 15.8. The van der Waals surface area contributed by atoms with E-state index in [1.54, 1.807) is 24.3 Å². The molecule has 5 saturated carbocycles. The summed E-state index contributed by atoms with van der Waals surface area (Å²) in [4.78, 5) is 0.295. The van der Waals surface area contributed by atoms with Crippen molar-refractivity contribution in [2.75, 3.05) is 0 Å². The maximum Gasteiger partial charge on any atom is 0.297 e. The molecule has 0 heterocycles. The molecule has 3 nitrogen and oxygen atoms in total. The smallest absolute Gasteiger partial charge is 0.263 e. The molecule has 0 aliphatic heterocycles. The fourth-order valence-electron chi connectivity index (χ4n) is 8.20. The van der Waals surface area contributed by atoms with E-state index in [1.807, 2.05) is 6.07 Å². The van der Waals surface area contributed by atoms with Gasteiger partial charge in [-0.1, -0.05) is 39.0 Å². The molecule has 6 rings (SSSR count). The van der Waals surface area contributed by atoms with Gasteiger partial charge in [-0.3, -0.25) is 4.18 Å². The predicted octanol–water partition coefficient (Wildman–Crippen LogP) is 6.56. The van der Waals surface area contributed by atoms with E-state index in [0.717, 1.165) is 53.5 Å². The largest absolute Gasteiger partial charge is 0.297 e. The molecule has 5 aliphatic carbocycles. The van der Waals surface area contributed by atoms with Crippen LogP contribution in [0.2, 0.25) is 0 Å². The summed E-state index contributed by atoms with van der Waals surface area (Å²) < 4.78 is 31.1. The SMILES string of the molecule is O=S(=O)(OC1CCC(P(C2CC3CCC2C3)C2CC3CCC2C3)CC1)c1ccccc1. The van der Waals surface area contributed by atoms with E-state index in [1.165, 1.54) is 64.2 Å². The lowest BCUT2D eigenvalue weighted by molar-refractivity contribution is 0.163. The van der Waals surface area contributed by atoms with Gasteiger partial charge in [-0.25, -0.2) is 0 Å². The van der Waals surface area contributed by atoms with E-state index in [2.05, 4.69) is 0 Å². The third-order valence-corrected chi connectivity index (χ3v) is 15.1. The summed E-state index contributed by atoms with van der Waals surface area (Å²) in [5.74, 6) is 4.13. The number of benzene rings is 1. The van der Waals surface area contributed by atoms with Gasteiger partial charge in [0, 0.05) is 0 Å². The highest BCUT2D eigenvalue weighted by atomic mass is 32.2. The summed E-state index contributed by atoms with van der Waals surface area (Å²) >= 11 is 0. The Bertz CT molecular complexity index is 851. The van der Waals surface area contributed by atoms with Gasteiger partial charge >= 0.3 is 0 Å². The van der Waals surface area contributed by atoms with Gasteiger partial charge < -0.3 is 0 Å². The zero-order valence-electron chi connectivity index (χ0n) is 18.6. The van der Waals surface area contributed by atoms with E-state index >= 15 is 0 Å². The van der Waals surface area contributed by atoms with Crippen LogP contribution in [-0.2, 0) is 14.3 Å². The Labute approximate surface area is 189 Å². The maximum absolute atomic E-state index is 12.7. The minimum absolute atomic E-state index is 0.0885. The second-order valence-corrected chi connectivity index (χ2v) is 15.7. The predicted molar refractivity (Wildman–Crippen MR) is 126 cm³/mol. The van der Waals surface area contributed by atoms with Gasteiger partial charge in [0.1, 0.15) is 0 Å². The number of hydrogen-bond donors (Lipinski definition) is 0. The van der Waals surface area contributed by atoms with Crippen LogP contribution < -0.4 is 0 Å². The lowest BCUT2D eigenvalue weighted by atomic mass is 9.97. The number of fused-ring (bicyclic) bond motifs is 4. The Hall–Kier alpha value is -0.440. The molecule has 31 heavy (non-hydrogen) atoms. The molecule has 1 aromatic rings. The Kier molecular flexibility index (Phi) is 5.73. The summed E-state index contributed by atoms with van der Waals surface area (Å²) in [7, 11) is -3.55. The van der Waals surface area contributed by atoms with Crippen molar-refractivity contribution in [3.05, 3.63) is 30.3 Å². The molecule has 5 aliphatic rings. The molecule has 0 radical (unpaired) electrons. The van der Waals surface area contributed by atoms with Crippen LogP contribution in [0.5, 0.6) is 0 Å². The van der Waals surface area contributed by atoms with Crippen LogP contribution >= 0.6 is 7.92 Å². The molecule has 0 spiro atoms. The summed E-state index contributed by atoms with van der Waals surface area (Å²) in [6, 6.07) is 8.67. The van der Waals surface area contributed by atoms with Crippen molar-refractivity contribution in [3.8, 4) is 0 Å². The first-order valence-electron chi connectivity index (χ1n) is 12.8. The topological polar surface area (TPSA) is 43.4 Å². The lowest BCUT2D eigenvalue weighted by Crippen LogP contribution is -2.34. The van der Waals surface area contributed by atoms with E-state index in [0.29, 0.717) is 4.90 Å². The van der Waals surface area contributed by atoms with Crippen molar-refractivity contribution < 1.29 is 12.6 Å². The maximum atomic E-state index is 12.7. The Morgan fingerprint density at radius 1 is 0.710 bits per heavy atom. The molecule has 6 unspecified atom stereocenters. The molecular formula is C26H37O3PS. The second kappa shape index (κ2) is 8.41. The van der Waals surface area contributed by atoms with Crippen LogP contribution in [-0.4, -0.2) is 31.5 Å². The van der Waals surface area contributed by atoms with Crippen LogP contribution in [0.4, 0.5) is 0 Å². The first kappa shape index (κ1) is 21.1. The van der Waals surface area contributed by atoms with Gasteiger partial charge in [0.15, 0.2) is 0 Å². The molecule has 5 heteroatoms. The van der Waals surface area contributed by atoms with Crippen molar-refractivity contribution in [2.45, 2.75) is 105 Å². The monoisotopic (exact) mass is 460 g/mol. The summed E-state index contributed by atoms with van der Waals surface area (Å²) in [5.41, 5.74) is 2.94. The van der Waals surface area contributed by atoms with Crippen LogP contribution in [0.15, 0.2) is 35.2 Å². The molecule has 0 saturated heterocycles. The molecule has 1 aromatic carbocycles. The quantitative estimate of drug-likeness (QED) is 0.357. The van der Waals surface area contributed by atoms with Crippen molar-refractivity contribution >= 4 is 18.0 Å². The lowest BCUT2D eigenvalue weighted by Gasteiger charge is -2.45. The van der Waals surface area contributed by atoms with E-state index < -0.39 is 10.1 Å². The third-order valence-electron chi connectivity index (χ3n) is 9.53. The Morgan fingerprint density at radius 2 is 1.29 bits per heavy atom. The van der Waals surface area contributed by atoms with Crippen LogP contribution in [0.1, 0.15) is 77.0 Å². The molecule has 6 atom stereocenters. The van der Waals surface area contributed by atoms with E-state index in [4.69, 9.17) is 4.18 Å². The summed E-state index contributed by atoms with van der Waals surface area (Å²) in [6.07, 6.45) is 16.2. The van der Waals surface area contributed by atoms with Crippen molar-refractivity contribution in [1.82, 2.24) is 0 Å². The highest BCUT2D eigenvalue weighted by molar-refractivity contribution is 7.86. The Morgan fingerprint density at radius 3 is 1.77 bits per heavy atom. The second-order valence-electron chi connectivity index (χ2n) is 11.2. The highest BCUT2D eigenvalue weighted by Crippen LogP contribution is 2.70. The minimum Gasteiger partial charge on any atom is -0.263 e. The minimum atomic E-state index is -3.64. The standard InChI is InChI=1S/C26H37O3PS/c27-31(28,24-4-2-1-3-5-24)29-22-10-12-23(13-11-22)30(25-16-18-6-8-20(25)14-18)26-17-19-7-9-21(26)15-19/h1-5,18-23,25-26H,6-17H2. The fraction of sp³-hybridized carbons (Fsp3) is 0.769. The van der Waals surface area contributed by atoms with E-state index in [9.17, 15) is 8.42 Å². The molecular weight excluding hydrogens is 423 g/mol. The normalized spacial score (nSPS) is 42.8. The van der Waals surface area contributed by atoms with Gasteiger partial charge in [0.25, 0.3) is 10.1 Å². The first-order chi connectivity index (χ1) is 15.1. The molecule has 5 fully saturated rings. The van der Waals surface area contributed by atoms with Gasteiger partial charge in [-0.15, -0.1) is 0 Å². The Balaban J connectivity index is 1.14. The van der Waals surface area contributed by atoms with E-state index in [-0.39, 0.29) is 14.0 Å². The summed E-state index contributed by atoms with van der Waals surface area (Å²) in [6.45, 7) is 0. The molecule has 0 N–H and O–H groups in total. The molecule has 0 aromatic heterocycles. The van der Waals surface area contributed by atoms with Crippen molar-refractivity contribution in [2.24, 2.45) is 23.7 Å². The zero-order valence-corrected chi connectivity index (χ0v) is 20.3. The zero-order chi connectivity index (χ0) is 21.0.